The molecule has 3 aromatic rings. The van der Waals surface area contributed by atoms with E-state index in [9.17, 15) is 4.79 Å². The van der Waals surface area contributed by atoms with Crippen LogP contribution >= 0.6 is 11.6 Å². The summed E-state index contributed by atoms with van der Waals surface area (Å²) in [6, 6.07) is 15.4. The second kappa shape index (κ2) is 5.62. The molecule has 0 atom stereocenters. The molecule has 0 aliphatic heterocycles. The van der Waals surface area contributed by atoms with Crippen molar-refractivity contribution >= 4 is 28.5 Å². The highest BCUT2D eigenvalue weighted by molar-refractivity contribution is 6.30. The van der Waals surface area contributed by atoms with Crippen molar-refractivity contribution in [1.82, 2.24) is 4.57 Å². The van der Waals surface area contributed by atoms with Crippen molar-refractivity contribution in [2.45, 2.75) is 6.54 Å². The van der Waals surface area contributed by atoms with Gasteiger partial charge in [0.1, 0.15) is 0 Å². The van der Waals surface area contributed by atoms with Crippen molar-refractivity contribution in [2.75, 3.05) is 7.11 Å². The molecule has 0 bridgehead atoms. The number of aromatic nitrogens is 1. The van der Waals surface area contributed by atoms with Gasteiger partial charge in [-0.1, -0.05) is 29.8 Å². The average Bonchev–Trinajstić information content (AvgIpc) is 2.91. The molecule has 0 aliphatic rings. The lowest BCUT2D eigenvalue weighted by Gasteiger charge is -2.07. The summed E-state index contributed by atoms with van der Waals surface area (Å²) >= 11 is 5.90. The van der Waals surface area contributed by atoms with Crippen LogP contribution in [0.5, 0.6) is 0 Å². The molecule has 1 heterocycles. The van der Waals surface area contributed by atoms with Crippen molar-refractivity contribution in [1.29, 1.82) is 0 Å². The van der Waals surface area contributed by atoms with Crippen molar-refractivity contribution < 1.29 is 9.53 Å². The summed E-state index contributed by atoms with van der Waals surface area (Å²) in [5, 5.41) is 1.82. The van der Waals surface area contributed by atoms with Crippen LogP contribution < -0.4 is 0 Å². The molecule has 0 N–H and O–H groups in total. The van der Waals surface area contributed by atoms with E-state index >= 15 is 0 Å². The quantitative estimate of drug-likeness (QED) is 0.681. The lowest BCUT2D eigenvalue weighted by Crippen LogP contribution is -2.02. The van der Waals surface area contributed by atoms with E-state index in [1.165, 1.54) is 7.11 Å². The Morgan fingerprint density at radius 1 is 1.14 bits per heavy atom. The molecule has 4 heteroatoms. The lowest BCUT2D eigenvalue weighted by molar-refractivity contribution is 0.0601. The van der Waals surface area contributed by atoms with Crippen LogP contribution in [-0.4, -0.2) is 17.6 Å². The Hall–Kier alpha value is -2.26. The van der Waals surface area contributed by atoms with E-state index in [0.717, 1.165) is 28.0 Å². The summed E-state index contributed by atoms with van der Waals surface area (Å²) in [5.41, 5.74) is 2.72. The largest absolute Gasteiger partial charge is 0.465 e. The molecule has 3 rings (SSSR count). The average molecular weight is 300 g/mol. The number of rotatable bonds is 3. The van der Waals surface area contributed by atoms with Gasteiger partial charge in [-0.15, -0.1) is 0 Å². The van der Waals surface area contributed by atoms with E-state index in [0.29, 0.717) is 5.56 Å². The first kappa shape index (κ1) is 13.7. The Morgan fingerprint density at radius 2 is 1.90 bits per heavy atom. The number of fused-ring (bicyclic) bond motifs is 1. The molecule has 0 radical (unpaired) electrons. The van der Waals surface area contributed by atoms with Crippen LogP contribution in [0.2, 0.25) is 5.02 Å². The van der Waals surface area contributed by atoms with E-state index in [1.807, 2.05) is 48.7 Å². The zero-order valence-corrected chi connectivity index (χ0v) is 12.3. The minimum absolute atomic E-state index is 0.323. The highest BCUT2D eigenvalue weighted by Crippen LogP contribution is 2.20. The molecule has 0 fully saturated rings. The number of hydrogen-bond acceptors (Lipinski definition) is 2. The zero-order chi connectivity index (χ0) is 14.8. The number of ether oxygens (including phenoxy) is 1. The van der Waals surface area contributed by atoms with Crippen molar-refractivity contribution in [2.24, 2.45) is 0 Å². The van der Waals surface area contributed by atoms with Gasteiger partial charge in [0, 0.05) is 23.3 Å². The van der Waals surface area contributed by atoms with Gasteiger partial charge in [0.2, 0.25) is 0 Å². The van der Waals surface area contributed by atoms with Gasteiger partial charge < -0.3 is 9.30 Å². The molecule has 0 aliphatic carbocycles. The van der Waals surface area contributed by atoms with Gasteiger partial charge in [0.25, 0.3) is 0 Å². The zero-order valence-electron chi connectivity index (χ0n) is 11.5. The van der Waals surface area contributed by atoms with E-state index in [-0.39, 0.29) is 5.97 Å². The van der Waals surface area contributed by atoms with Crippen LogP contribution in [0.1, 0.15) is 15.9 Å². The molecule has 3 nitrogen and oxygen atoms in total. The number of carbonyl (C=O) groups excluding carboxylic acids is 1. The van der Waals surface area contributed by atoms with E-state index < -0.39 is 0 Å². The minimum Gasteiger partial charge on any atom is -0.465 e. The summed E-state index contributed by atoms with van der Waals surface area (Å²) < 4.78 is 6.87. The number of hydrogen-bond donors (Lipinski definition) is 0. The van der Waals surface area contributed by atoms with Gasteiger partial charge in [-0.3, -0.25) is 0 Å². The second-order valence-corrected chi connectivity index (χ2v) is 5.27. The highest BCUT2D eigenvalue weighted by Gasteiger charge is 2.08. The molecule has 2 aromatic carbocycles. The molecule has 0 saturated carbocycles. The minimum atomic E-state index is -0.323. The third-order valence-electron chi connectivity index (χ3n) is 3.46. The van der Waals surface area contributed by atoms with Crippen LogP contribution in [0.4, 0.5) is 0 Å². The van der Waals surface area contributed by atoms with Crippen molar-refractivity contribution in [3.63, 3.8) is 0 Å². The number of nitrogens with zero attached hydrogens (tertiary/aromatic N) is 1. The van der Waals surface area contributed by atoms with E-state index in [1.54, 1.807) is 6.07 Å². The van der Waals surface area contributed by atoms with Gasteiger partial charge in [-0.25, -0.2) is 4.79 Å². The highest BCUT2D eigenvalue weighted by atomic mass is 35.5. The predicted octanol–water partition coefficient (Wildman–Crippen LogP) is 4.13. The summed E-state index contributed by atoms with van der Waals surface area (Å²) in [7, 11) is 1.39. The van der Waals surface area contributed by atoms with Gasteiger partial charge >= 0.3 is 5.97 Å². The molecule has 0 amide bonds. The fourth-order valence-corrected chi connectivity index (χ4v) is 2.48. The van der Waals surface area contributed by atoms with Crippen LogP contribution in [0.15, 0.2) is 54.7 Å². The van der Waals surface area contributed by atoms with Crippen LogP contribution in [0.3, 0.4) is 0 Å². The molecule has 21 heavy (non-hydrogen) atoms. The first-order valence-corrected chi connectivity index (χ1v) is 6.97. The molecule has 0 saturated heterocycles. The maximum Gasteiger partial charge on any atom is 0.337 e. The predicted molar refractivity (Wildman–Crippen MR) is 83.8 cm³/mol. The lowest BCUT2D eigenvalue weighted by atomic mass is 10.1. The van der Waals surface area contributed by atoms with Crippen molar-refractivity contribution in [3.8, 4) is 0 Å². The summed E-state index contributed by atoms with van der Waals surface area (Å²) in [6.07, 6.45) is 2.01. The summed E-state index contributed by atoms with van der Waals surface area (Å²) in [6.45, 7) is 0.727. The molecule has 1 aromatic heterocycles. The number of halogens is 1. The summed E-state index contributed by atoms with van der Waals surface area (Å²) in [4.78, 5) is 11.6. The molecular weight excluding hydrogens is 286 g/mol. The number of esters is 1. The van der Waals surface area contributed by atoms with Gasteiger partial charge in [-0.05, 0) is 41.3 Å². The van der Waals surface area contributed by atoms with Crippen LogP contribution in [-0.2, 0) is 11.3 Å². The van der Waals surface area contributed by atoms with Crippen LogP contribution in [0, 0.1) is 0 Å². The first-order valence-electron chi connectivity index (χ1n) is 6.59. The smallest absolute Gasteiger partial charge is 0.337 e. The molecular formula is C17H14ClNO2. The summed E-state index contributed by atoms with van der Waals surface area (Å²) in [5.74, 6) is -0.323. The van der Waals surface area contributed by atoms with E-state index in [2.05, 4.69) is 4.57 Å². The Morgan fingerprint density at radius 3 is 2.62 bits per heavy atom. The topological polar surface area (TPSA) is 31.2 Å². The number of benzene rings is 2. The van der Waals surface area contributed by atoms with Crippen LogP contribution in [0.25, 0.3) is 10.9 Å². The molecule has 0 spiro atoms. The fraction of sp³-hybridized carbons (Fsp3) is 0.118. The maximum absolute atomic E-state index is 11.6. The first-order chi connectivity index (χ1) is 10.2. The third-order valence-corrected chi connectivity index (χ3v) is 3.71. The fourth-order valence-electron chi connectivity index (χ4n) is 2.35. The Balaban J connectivity index is 1.98. The standard InChI is InChI=1S/C17H14ClNO2/c1-21-17(20)14-5-4-13-8-9-19(16(13)10-14)11-12-2-6-15(18)7-3-12/h2-10H,11H2,1H3. The molecule has 106 valence electrons. The third kappa shape index (κ3) is 2.78. The Kier molecular flexibility index (Phi) is 3.67. The normalized spacial score (nSPS) is 10.8. The second-order valence-electron chi connectivity index (χ2n) is 4.84. The van der Waals surface area contributed by atoms with Gasteiger partial charge in [0.05, 0.1) is 12.7 Å². The maximum atomic E-state index is 11.6. The monoisotopic (exact) mass is 299 g/mol. The van der Waals surface area contributed by atoms with Gasteiger partial charge in [-0.2, -0.15) is 0 Å². The molecule has 0 unspecified atom stereocenters. The van der Waals surface area contributed by atoms with Gasteiger partial charge in [0.15, 0.2) is 0 Å². The Bertz CT molecular complexity index is 790. The number of carbonyl (C=O) groups is 1. The number of methoxy groups -OCH3 is 1. The Labute approximate surface area is 127 Å². The van der Waals surface area contributed by atoms with Crippen molar-refractivity contribution in [3.05, 3.63) is 70.9 Å². The van der Waals surface area contributed by atoms with E-state index in [4.69, 9.17) is 16.3 Å². The SMILES string of the molecule is COC(=O)c1ccc2ccn(Cc3ccc(Cl)cc3)c2c1.